The van der Waals surface area contributed by atoms with Crippen molar-refractivity contribution in [2.45, 2.75) is 44.9 Å². The van der Waals surface area contributed by atoms with Gasteiger partial charge in [0.1, 0.15) is 5.83 Å². The van der Waals surface area contributed by atoms with Crippen LogP contribution in [0.4, 0.5) is 4.39 Å². The van der Waals surface area contributed by atoms with Gasteiger partial charge in [0.15, 0.2) is 0 Å². The third-order valence-corrected chi connectivity index (χ3v) is 5.46. The summed E-state index contributed by atoms with van der Waals surface area (Å²) in [6.07, 6.45) is 11.1. The van der Waals surface area contributed by atoms with E-state index in [9.17, 15) is 4.39 Å². The Balaban J connectivity index is 1.68. The fourth-order valence-electron chi connectivity index (χ4n) is 3.52. The van der Waals surface area contributed by atoms with Crippen molar-refractivity contribution in [3.63, 3.8) is 0 Å². The lowest BCUT2D eigenvalue weighted by Crippen LogP contribution is -2.06. The molecular weight excluding hydrogens is 283 g/mol. The summed E-state index contributed by atoms with van der Waals surface area (Å²) in [6.45, 7) is 8.82. The van der Waals surface area contributed by atoms with Gasteiger partial charge in [-0.05, 0) is 58.9 Å². The molecule has 3 rings (SSSR count). The van der Waals surface area contributed by atoms with Crippen molar-refractivity contribution in [1.82, 2.24) is 0 Å². The van der Waals surface area contributed by atoms with Gasteiger partial charge >= 0.3 is 0 Å². The Hall–Kier alpha value is -1.89. The van der Waals surface area contributed by atoms with Gasteiger partial charge in [0.05, 0.1) is 0 Å². The first-order valence-corrected chi connectivity index (χ1v) is 8.50. The van der Waals surface area contributed by atoms with Crippen molar-refractivity contribution >= 4 is 0 Å². The van der Waals surface area contributed by atoms with E-state index < -0.39 is 0 Å². The molecule has 0 saturated heterocycles. The molecule has 0 N–H and O–H groups in total. The fraction of sp³-hybridized carbons (Fsp3) is 0.364. The summed E-state index contributed by atoms with van der Waals surface area (Å²) in [6, 6.07) is 8.77. The van der Waals surface area contributed by atoms with E-state index in [2.05, 4.69) is 56.8 Å². The lowest BCUT2D eigenvalue weighted by Gasteiger charge is -2.15. The second-order valence-corrected chi connectivity index (χ2v) is 7.12. The summed E-state index contributed by atoms with van der Waals surface area (Å²) < 4.78 is 13.1. The smallest absolute Gasteiger partial charge is 0.100 e. The number of hydrogen-bond acceptors (Lipinski definition) is 0. The molecule has 120 valence electrons. The zero-order valence-corrected chi connectivity index (χ0v) is 14.1. The van der Waals surface area contributed by atoms with Crippen molar-refractivity contribution in [2.24, 2.45) is 5.92 Å². The topological polar surface area (TPSA) is 0 Å². The van der Waals surface area contributed by atoms with Crippen LogP contribution in [0.1, 0.15) is 44.2 Å². The van der Waals surface area contributed by atoms with Crippen LogP contribution in [-0.4, -0.2) is 0 Å². The van der Waals surface area contributed by atoms with Crippen molar-refractivity contribution in [2.75, 3.05) is 0 Å². The summed E-state index contributed by atoms with van der Waals surface area (Å²) in [7, 11) is 0. The van der Waals surface area contributed by atoms with Crippen LogP contribution >= 0.6 is 0 Å². The van der Waals surface area contributed by atoms with Gasteiger partial charge in [-0.25, -0.2) is 4.39 Å². The van der Waals surface area contributed by atoms with Crippen molar-refractivity contribution in [1.29, 1.82) is 0 Å². The molecular formula is C22H25F. The third-order valence-electron chi connectivity index (χ3n) is 5.46. The van der Waals surface area contributed by atoms with E-state index in [1.54, 1.807) is 6.08 Å². The van der Waals surface area contributed by atoms with Crippen LogP contribution in [-0.2, 0) is 11.8 Å². The van der Waals surface area contributed by atoms with Crippen molar-refractivity contribution in [3.8, 4) is 0 Å². The quantitative estimate of drug-likeness (QED) is 0.567. The molecule has 0 aliphatic heterocycles. The van der Waals surface area contributed by atoms with Crippen LogP contribution in [0.25, 0.3) is 0 Å². The largest absolute Gasteiger partial charge is 0.212 e. The van der Waals surface area contributed by atoms with Crippen LogP contribution in [0.2, 0.25) is 0 Å². The van der Waals surface area contributed by atoms with Crippen LogP contribution in [0.5, 0.6) is 0 Å². The third kappa shape index (κ3) is 3.39. The summed E-state index contributed by atoms with van der Waals surface area (Å²) in [5, 5.41) is 0. The number of rotatable bonds is 5. The molecule has 2 atom stereocenters. The predicted octanol–water partition coefficient (Wildman–Crippen LogP) is 6.21. The first kappa shape index (κ1) is 16.0. The number of benzene rings is 1. The molecule has 2 aliphatic carbocycles. The Morgan fingerprint density at radius 2 is 2.04 bits per heavy atom. The molecule has 1 heteroatoms. The molecule has 23 heavy (non-hydrogen) atoms. The molecule has 1 aromatic carbocycles. The average molecular weight is 308 g/mol. The zero-order chi connectivity index (χ0) is 16.4. The van der Waals surface area contributed by atoms with Gasteiger partial charge in [-0.15, -0.1) is 0 Å². The van der Waals surface area contributed by atoms with Gasteiger partial charge in [-0.1, -0.05) is 62.9 Å². The molecule has 0 bridgehead atoms. The van der Waals surface area contributed by atoms with Gasteiger partial charge in [-0.3, -0.25) is 0 Å². The van der Waals surface area contributed by atoms with Gasteiger partial charge < -0.3 is 0 Å². The fourth-order valence-corrected chi connectivity index (χ4v) is 3.52. The van der Waals surface area contributed by atoms with Gasteiger partial charge in [-0.2, -0.15) is 0 Å². The van der Waals surface area contributed by atoms with Crippen molar-refractivity contribution in [3.05, 3.63) is 83.2 Å². The lowest BCUT2D eigenvalue weighted by molar-refractivity contribution is 0.583. The van der Waals surface area contributed by atoms with Crippen LogP contribution in [0.3, 0.4) is 0 Å². The molecule has 2 aliphatic rings. The Kier molecular flexibility index (Phi) is 4.39. The molecule has 1 fully saturated rings. The van der Waals surface area contributed by atoms with E-state index in [0.717, 1.165) is 29.9 Å². The van der Waals surface area contributed by atoms with Gasteiger partial charge in [0.2, 0.25) is 0 Å². The van der Waals surface area contributed by atoms with E-state index >= 15 is 0 Å². The van der Waals surface area contributed by atoms with Crippen LogP contribution in [0, 0.1) is 5.92 Å². The minimum Gasteiger partial charge on any atom is -0.212 e. The highest BCUT2D eigenvalue weighted by atomic mass is 19.1. The standard InChI is InChI=1S/C22H25F/c1-16(18-11-13-20(23)14-12-18)7-6-9-19-8-4-5-10-21(19)22(3)15-17(22)2/h4-8,10-11,13,17H,1,9,12,14-15H2,2-3H3/b7-6-. The normalized spacial score (nSPS) is 26.8. The number of allylic oxidation sites excluding steroid dienone is 7. The van der Waals surface area contributed by atoms with E-state index in [1.165, 1.54) is 17.5 Å². The molecule has 0 amide bonds. The molecule has 2 unspecified atom stereocenters. The second-order valence-electron chi connectivity index (χ2n) is 7.12. The summed E-state index contributed by atoms with van der Waals surface area (Å²) >= 11 is 0. The Bertz CT molecular complexity index is 704. The summed E-state index contributed by atoms with van der Waals surface area (Å²) in [5.74, 6) is 0.739. The Labute approximate surface area is 139 Å². The molecule has 0 radical (unpaired) electrons. The summed E-state index contributed by atoms with van der Waals surface area (Å²) in [4.78, 5) is 0. The van der Waals surface area contributed by atoms with Crippen molar-refractivity contribution < 1.29 is 4.39 Å². The second kappa shape index (κ2) is 6.31. The highest BCUT2D eigenvalue weighted by Crippen LogP contribution is 2.54. The minimum absolute atomic E-state index is 0.0359. The highest BCUT2D eigenvalue weighted by molar-refractivity contribution is 5.43. The van der Waals surface area contributed by atoms with E-state index in [1.807, 2.05) is 6.08 Å². The SMILES string of the molecule is C=C(/C=C\Cc1ccccc1C1(C)CC1C)C1=CC=C(F)CC1. The van der Waals surface area contributed by atoms with E-state index in [0.29, 0.717) is 11.8 Å². The molecule has 1 saturated carbocycles. The first-order chi connectivity index (χ1) is 11.0. The minimum atomic E-state index is -0.0359. The summed E-state index contributed by atoms with van der Waals surface area (Å²) in [5.41, 5.74) is 5.39. The Morgan fingerprint density at radius 1 is 1.30 bits per heavy atom. The Morgan fingerprint density at radius 3 is 2.70 bits per heavy atom. The van der Waals surface area contributed by atoms with Crippen LogP contribution in [0.15, 0.2) is 72.1 Å². The van der Waals surface area contributed by atoms with Crippen LogP contribution < -0.4 is 0 Å². The molecule has 0 heterocycles. The monoisotopic (exact) mass is 308 g/mol. The maximum Gasteiger partial charge on any atom is 0.100 e. The van der Waals surface area contributed by atoms with Gasteiger partial charge in [0, 0.05) is 6.42 Å². The first-order valence-electron chi connectivity index (χ1n) is 8.50. The molecule has 0 spiro atoms. The maximum absolute atomic E-state index is 13.1. The number of halogens is 1. The lowest BCUT2D eigenvalue weighted by atomic mass is 9.89. The maximum atomic E-state index is 13.1. The average Bonchev–Trinajstić information content (AvgIpc) is 3.16. The predicted molar refractivity (Wildman–Crippen MR) is 96.1 cm³/mol. The molecule has 0 aromatic heterocycles. The number of hydrogen-bond donors (Lipinski definition) is 0. The highest BCUT2D eigenvalue weighted by Gasteiger charge is 2.48. The van der Waals surface area contributed by atoms with E-state index in [4.69, 9.17) is 0 Å². The van der Waals surface area contributed by atoms with Gasteiger partial charge in [0.25, 0.3) is 0 Å². The molecule has 0 nitrogen and oxygen atoms in total. The van der Waals surface area contributed by atoms with E-state index in [-0.39, 0.29) is 5.83 Å². The molecule has 1 aromatic rings. The zero-order valence-electron chi connectivity index (χ0n) is 14.1.